The first-order chi connectivity index (χ1) is 11.0. The minimum absolute atomic E-state index is 0.0671. The number of hydrogen-bond acceptors (Lipinski definition) is 4. The largest absolute Gasteiger partial charge is 0.388 e. The highest BCUT2D eigenvalue weighted by molar-refractivity contribution is 7.09. The molecule has 0 aliphatic heterocycles. The molecule has 0 fully saturated rings. The number of aromatic nitrogens is 1. The second-order valence-electron chi connectivity index (χ2n) is 5.83. The number of rotatable bonds is 7. The lowest BCUT2D eigenvalue weighted by Gasteiger charge is -2.25. The van der Waals surface area contributed by atoms with Gasteiger partial charge in [0.05, 0.1) is 22.7 Å². The Kier molecular flexibility index (Phi) is 5.91. The van der Waals surface area contributed by atoms with Gasteiger partial charge in [-0.3, -0.25) is 4.79 Å². The van der Waals surface area contributed by atoms with Crippen molar-refractivity contribution >= 4 is 17.2 Å². The van der Waals surface area contributed by atoms with Crippen molar-refractivity contribution in [3.8, 4) is 11.3 Å². The summed E-state index contributed by atoms with van der Waals surface area (Å²) in [4.78, 5) is 16.5. The van der Waals surface area contributed by atoms with Gasteiger partial charge in [-0.2, -0.15) is 0 Å². The first-order valence-corrected chi connectivity index (χ1v) is 8.84. The molecule has 0 radical (unpaired) electrons. The van der Waals surface area contributed by atoms with Gasteiger partial charge in [0.1, 0.15) is 0 Å². The molecule has 0 aliphatic rings. The number of nitrogens with zero attached hydrogens (tertiary/aromatic N) is 1. The topological polar surface area (TPSA) is 62.2 Å². The predicted octanol–water partition coefficient (Wildman–Crippen LogP) is 3.33. The smallest absolute Gasteiger partial charge is 0.224 e. The van der Waals surface area contributed by atoms with Gasteiger partial charge in [-0.15, -0.1) is 11.3 Å². The Bertz CT molecular complexity index is 645. The minimum Gasteiger partial charge on any atom is -0.388 e. The van der Waals surface area contributed by atoms with E-state index in [9.17, 15) is 9.90 Å². The number of benzene rings is 1. The van der Waals surface area contributed by atoms with E-state index in [0.29, 0.717) is 25.8 Å². The van der Waals surface area contributed by atoms with E-state index in [2.05, 4.69) is 10.3 Å². The van der Waals surface area contributed by atoms with E-state index in [4.69, 9.17) is 0 Å². The van der Waals surface area contributed by atoms with Crippen LogP contribution in [0.5, 0.6) is 0 Å². The van der Waals surface area contributed by atoms with Gasteiger partial charge in [0.25, 0.3) is 0 Å². The lowest BCUT2D eigenvalue weighted by atomic mass is 9.97. The average molecular weight is 332 g/mol. The Morgan fingerprint density at radius 2 is 1.91 bits per heavy atom. The lowest BCUT2D eigenvalue weighted by Crippen LogP contribution is -2.42. The molecule has 4 nitrogen and oxygen atoms in total. The number of thiazole rings is 1. The summed E-state index contributed by atoms with van der Waals surface area (Å²) < 4.78 is 0. The Labute approximate surface area is 141 Å². The number of carbonyl (C=O) groups excluding carboxylic acids is 1. The Morgan fingerprint density at radius 1 is 1.26 bits per heavy atom. The van der Waals surface area contributed by atoms with Crippen molar-refractivity contribution in [3.63, 3.8) is 0 Å². The van der Waals surface area contributed by atoms with Gasteiger partial charge >= 0.3 is 0 Å². The molecule has 0 spiro atoms. The highest BCUT2D eigenvalue weighted by atomic mass is 32.1. The molecule has 0 atom stereocenters. The summed E-state index contributed by atoms with van der Waals surface area (Å²) in [6, 6.07) is 7.89. The van der Waals surface area contributed by atoms with Crippen molar-refractivity contribution in [2.75, 3.05) is 6.54 Å². The van der Waals surface area contributed by atoms with E-state index in [0.717, 1.165) is 21.8 Å². The number of aliphatic hydroxyl groups is 1. The van der Waals surface area contributed by atoms with Crippen LogP contribution in [0.2, 0.25) is 0 Å². The molecule has 0 saturated carbocycles. The summed E-state index contributed by atoms with van der Waals surface area (Å²) in [7, 11) is 0. The first kappa shape index (κ1) is 17.6. The summed E-state index contributed by atoms with van der Waals surface area (Å²) in [6.07, 6.45) is 1.58. The first-order valence-electron chi connectivity index (χ1n) is 7.96. The van der Waals surface area contributed by atoms with E-state index in [1.54, 1.807) is 11.3 Å². The minimum atomic E-state index is -0.804. The van der Waals surface area contributed by atoms with Gasteiger partial charge in [-0.1, -0.05) is 38.1 Å². The number of carbonyl (C=O) groups is 1. The van der Waals surface area contributed by atoms with Crippen molar-refractivity contribution in [2.45, 2.75) is 45.6 Å². The van der Waals surface area contributed by atoms with Crippen LogP contribution in [0, 0.1) is 6.92 Å². The van der Waals surface area contributed by atoms with Crippen LogP contribution in [0.25, 0.3) is 11.3 Å². The van der Waals surface area contributed by atoms with Crippen LogP contribution in [-0.4, -0.2) is 28.1 Å². The fourth-order valence-electron chi connectivity index (χ4n) is 2.30. The standard InChI is InChI=1S/C18H24N2O2S/c1-4-18(22,5-2)12-19-17(21)10-14-6-8-15(9-7-14)16-11-23-13(3)20-16/h6-9,11,22H,4-5,10,12H2,1-3H3,(H,19,21). The molecule has 124 valence electrons. The second kappa shape index (κ2) is 7.70. The zero-order valence-electron chi connectivity index (χ0n) is 13.9. The molecule has 5 heteroatoms. The molecule has 1 aromatic carbocycles. The van der Waals surface area contributed by atoms with E-state index in [-0.39, 0.29) is 5.91 Å². The molecule has 2 N–H and O–H groups in total. The summed E-state index contributed by atoms with van der Waals surface area (Å²) in [5.41, 5.74) is 2.18. The van der Waals surface area contributed by atoms with E-state index in [1.807, 2.05) is 50.4 Å². The maximum absolute atomic E-state index is 12.0. The highest BCUT2D eigenvalue weighted by Gasteiger charge is 2.22. The van der Waals surface area contributed by atoms with E-state index in [1.165, 1.54) is 0 Å². The van der Waals surface area contributed by atoms with Gasteiger partial charge in [-0.05, 0) is 25.3 Å². The van der Waals surface area contributed by atoms with Crippen LogP contribution in [-0.2, 0) is 11.2 Å². The van der Waals surface area contributed by atoms with Gasteiger partial charge in [0.2, 0.25) is 5.91 Å². The summed E-state index contributed by atoms with van der Waals surface area (Å²) in [5, 5.41) is 16.1. The number of hydrogen-bond donors (Lipinski definition) is 2. The Morgan fingerprint density at radius 3 is 2.43 bits per heavy atom. The van der Waals surface area contributed by atoms with Crippen LogP contribution >= 0.6 is 11.3 Å². The molecular formula is C18H24N2O2S. The van der Waals surface area contributed by atoms with Gasteiger partial charge in [-0.25, -0.2) is 4.98 Å². The fourth-order valence-corrected chi connectivity index (χ4v) is 2.92. The monoisotopic (exact) mass is 332 g/mol. The highest BCUT2D eigenvalue weighted by Crippen LogP contribution is 2.22. The van der Waals surface area contributed by atoms with Gasteiger partial charge < -0.3 is 10.4 Å². The van der Waals surface area contributed by atoms with Crippen molar-refractivity contribution in [3.05, 3.63) is 40.2 Å². The van der Waals surface area contributed by atoms with Gasteiger partial charge in [0.15, 0.2) is 0 Å². The lowest BCUT2D eigenvalue weighted by molar-refractivity contribution is -0.121. The third kappa shape index (κ3) is 4.88. The molecule has 1 heterocycles. The fraction of sp³-hybridized carbons (Fsp3) is 0.444. The number of nitrogens with one attached hydrogen (secondary N) is 1. The molecule has 1 amide bonds. The molecule has 0 saturated heterocycles. The summed E-state index contributed by atoms with van der Waals surface area (Å²) in [6.45, 7) is 6.14. The third-order valence-electron chi connectivity index (χ3n) is 4.16. The number of aryl methyl sites for hydroxylation is 1. The van der Waals surface area contributed by atoms with Crippen LogP contribution in [0.4, 0.5) is 0 Å². The summed E-state index contributed by atoms with van der Waals surface area (Å²) in [5.74, 6) is -0.0671. The molecule has 0 unspecified atom stereocenters. The summed E-state index contributed by atoms with van der Waals surface area (Å²) >= 11 is 1.63. The maximum Gasteiger partial charge on any atom is 0.224 e. The van der Waals surface area contributed by atoms with Crippen molar-refractivity contribution < 1.29 is 9.90 Å². The molecule has 0 bridgehead atoms. The molecular weight excluding hydrogens is 308 g/mol. The molecule has 0 aliphatic carbocycles. The number of amides is 1. The molecule has 1 aromatic heterocycles. The predicted molar refractivity (Wildman–Crippen MR) is 94.5 cm³/mol. The second-order valence-corrected chi connectivity index (χ2v) is 6.90. The van der Waals surface area contributed by atoms with Crippen molar-refractivity contribution in [1.29, 1.82) is 0 Å². The Hall–Kier alpha value is -1.72. The van der Waals surface area contributed by atoms with Gasteiger partial charge in [0, 0.05) is 17.5 Å². The molecule has 2 aromatic rings. The molecule has 23 heavy (non-hydrogen) atoms. The SMILES string of the molecule is CCC(O)(CC)CNC(=O)Cc1ccc(-c2csc(C)n2)cc1. The van der Waals surface area contributed by atoms with Crippen LogP contribution in [0.3, 0.4) is 0 Å². The zero-order valence-corrected chi connectivity index (χ0v) is 14.7. The van der Waals surface area contributed by atoms with Crippen molar-refractivity contribution in [2.24, 2.45) is 0 Å². The third-order valence-corrected chi connectivity index (χ3v) is 4.94. The van der Waals surface area contributed by atoms with Crippen LogP contribution < -0.4 is 5.32 Å². The van der Waals surface area contributed by atoms with Crippen LogP contribution in [0.15, 0.2) is 29.6 Å². The van der Waals surface area contributed by atoms with Crippen molar-refractivity contribution in [1.82, 2.24) is 10.3 Å². The molecule has 2 rings (SSSR count). The van der Waals surface area contributed by atoms with E-state index < -0.39 is 5.60 Å². The normalized spacial score (nSPS) is 11.5. The van der Waals surface area contributed by atoms with Crippen LogP contribution in [0.1, 0.15) is 37.3 Å². The Balaban J connectivity index is 1.92. The zero-order chi connectivity index (χ0) is 16.9. The maximum atomic E-state index is 12.0. The quantitative estimate of drug-likeness (QED) is 0.817. The average Bonchev–Trinajstić information content (AvgIpc) is 3.00. The van der Waals surface area contributed by atoms with E-state index >= 15 is 0 Å².